The molecule has 3 aliphatic rings. The SMILES string of the molecule is O=C(NC[C@@H]1CCCO1)c1ccc2c(n1)N(C(=O)Nc1ccccn1)[C@H]1CCN2C1. The number of rotatable bonds is 4. The number of nitrogens with one attached hydrogen (secondary N) is 2. The molecular formula is C21H24N6O3. The van der Waals surface area contributed by atoms with E-state index in [9.17, 15) is 9.59 Å². The van der Waals surface area contributed by atoms with E-state index < -0.39 is 0 Å². The van der Waals surface area contributed by atoms with Crippen molar-refractivity contribution in [2.45, 2.75) is 31.4 Å². The standard InChI is InChI=1S/C21H24N6O3/c28-20(23-12-15-4-3-11-30-15)16-6-7-17-19(24-16)27(14-8-10-26(17)13-14)21(29)25-18-5-1-2-9-22-18/h1-2,5-7,9,14-15H,3-4,8,10-13H2,(H,23,28)(H,22,25,29)/t14-,15-/m0/s1. The van der Waals surface area contributed by atoms with Crippen LogP contribution in [-0.4, -0.2) is 60.3 Å². The van der Waals surface area contributed by atoms with Crippen molar-refractivity contribution >= 4 is 29.3 Å². The summed E-state index contributed by atoms with van der Waals surface area (Å²) in [4.78, 5) is 38.4. The van der Waals surface area contributed by atoms with E-state index in [2.05, 4.69) is 25.5 Å². The lowest BCUT2D eigenvalue weighted by atomic mass is 10.1. The average Bonchev–Trinajstić information content (AvgIpc) is 3.43. The minimum absolute atomic E-state index is 0.0129. The molecule has 2 N–H and O–H groups in total. The predicted molar refractivity (Wildman–Crippen MR) is 112 cm³/mol. The van der Waals surface area contributed by atoms with E-state index in [4.69, 9.17) is 4.74 Å². The monoisotopic (exact) mass is 408 g/mol. The number of carbonyl (C=O) groups excluding carboxylic acids is 2. The number of ether oxygens (including phenoxy) is 1. The molecule has 9 nitrogen and oxygen atoms in total. The number of nitrogens with zero attached hydrogens (tertiary/aromatic N) is 4. The highest BCUT2D eigenvalue weighted by atomic mass is 16.5. The van der Waals surface area contributed by atoms with Crippen molar-refractivity contribution in [3.63, 3.8) is 0 Å². The molecule has 2 aromatic heterocycles. The summed E-state index contributed by atoms with van der Waals surface area (Å²) in [7, 11) is 0. The Kier molecular flexibility index (Phi) is 4.96. The third-order valence-electron chi connectivity index (χ3n) is 5.82. The van der Waals surface area contributed by atoms with Gasteiger partial charge in [-0.2, -0.15) is 0 Å². The molecule has 0 saturated carbocycles. The highest BCUT2D eigenvalue weighted by Gasteiger charge is 2.40. The van der Waals surface area contributed by atoms with E-state index in [1.54, 1.807) is 29.3 Å². The molecular weight excluding hydrogens is 384 g/mol. The molecule has 156 valence electrons. The van der Waals surface area contributed by atoms with Gasteiger partial charge in [0, 0.05) is 32.4 Å². The minimum atomic E-state index is -0.286. The van der Waals surface area contributed by atoms with Crippen LogP contribution < -0.4 is 20.4 Å². The van der Waals surface area contributed by atoms with Crippen molar-refractivity contribution in [2.75, 3.05) is 41.4 Å². The molecule has 3 amide bonds. The number of aromatic nitrogens is 2. The van der Waals surface area contributed by atoms with Crippen LogP contribution in [0.4, 0.5) is 22.1 Å². The van der Waals surface area contributed by atoms with Crippen molar-refractivity contribution in [1.82, 2.24) is 15.3 Å². The van der Waals surface area contributed by atoms with Crippen molar-refractivity contribution in [3.05, 3.63) is 42.2 Å². The van der Waals surface area contributed by atoms with E-state index in [-0.39, 0.29) is 24.1 Å². The molecule has 3 aliphatic heterocycles. The Labute approximate surface area is 174 Å². The summed E-state index contributed by atoms with van der Waals surface area (Å²) in [6, 6.07) is 8.68. The summed E-state index contributed by atoms with van der Waals surface area (Å²) in [5, 5.41) is 5.75. The number of anilines is 3. The van der Waals surface area contributed by atoms with Crippen molar-refractivity contribution in [3.8, 4) is 0 Å². The van der Waals surface area contributed by atoms with Crippen LogP contribution in [-0.2, 0) is 4.74 Å². The van der Waals surface area contributed by atoms with E-state index >= 15 is 0 Å². The molecule has 2 fully saturated rings. The number of hydrogen-bond acceptors (Lipinski definition) is 6. The number of amides is 3. The van der Waals surface area contributed by atoms with Crippen molar-refractivity contribution in [1.29, 1.82) is 0 Å². The molecule has 2 bridgehead atoms. The van der Waals surface area contributed by atoms with Crippen LogP contribution >= 0.6 is 0 Å². The molecule has 0 radical (unpaired) electrons. The topological polar surface area (TPSA) is 99.7 Å². The Morgan fingerprint density at radius 2 is 2.13 bits per heavy atom. The fourth-order valence-electron chi connectivity index (χ4n) is 4.31. The lowest BCUT2D eigenvalue weighted by Gasteiger charge is -2.35. The van der Waals surface area contributed by atoms with Crippen LogP contribution in [0.3, 0.4) is 0 Å². The first-order valence-electron chi connectivity index (χ1n) is 10.4. The second-order valence-corrected chi connectivity index (χ2v) is 7.79. The van der Waals surface area contributed by atoms with Gasteiger partial charge in [-0.3, -0.25) is 15.0 Å². The number of urea groups is 1. The second-order valence-electron chi connectivity index (χ2n) is 7.79. The number of pyridine rings is 2. The first-order valence-corrected chi connectivity index (χ1v) is 10.4. The van der Waals surface area contributed by atoms with Gasteiger partial charge in [-0.15, -0.1) is 0 Å². The number of hydrogen-bond donors (Lipinski definition) is 2. The predicted octanol–water partition coefficient (Wildman–Crippen LogP) is 2.02. The van der Waals surface area contributed by atoms with Gasteiger partial charge in [0.1, 0.15) is 11.5 Å². The molecule has 0 aromatic carbocycles. The first-order chi connectivity index (χ1) is 14.7. The van der Waals surface area contributed by atoms with E-state index in [1.165, 1.54) is 0 Å². The molecule has 0 spiro atoms. The van der Waals surface area contributed by atoms with Crippen LogP contribution in [0.5, 0.6) is 0 Å². The molecule has 2 atom stereocenters. The zero-order valence-corrected chi connectivity index (χ0v) is 16.6. The van der Waals surface area contributed by atoms with Gasteiger partial charge in [-0.05, 0) is 43.5 Å². The molecule has 2 aromatic rings. The maximum atomic E-state index is 13.1. The summed E-state index contributed by atoms with van der Waals surface area (Å²) in [6.45, 7) is 2.83. The Hall–Kier alpha value is -3.20. The number of carbonyl (C=O) groups is 2. The highest BCUT2D eigenvalue weighted by Crippen LogP contribution is 2.39. The van der Waals surface area contributed by atoms with Gasteiger partial charge in [0.15, 0.2) is 5.82 Å². The summed E-state index contributed by atoms with van der Waals surface area (Å²) in [5.41, 5.74) is 1.17. The lowest BCUT2D eigenvalue weighted by Crippen LogP contribution is -2.48. The van der Waals surface area contributed by atoms with E-state index in [0.717, 1.165) is 44.6 Å². The third-order valence-corrected chi connectivity index (χ3v) is 5.82. The zero-order chi connectivity index (χ0) is 20.5. The third kappa shape index (κ3) is 3.56. The average molecular weight is 408 g/mol. The van der Waals surface area contributed by atoms with E-state index in [0.29, 0.717) is 23.9 Å². The van der Waals surface area contributed by atoms with Crippen molar-refractivity contribution in [2.24, 2.45) is 0 Å². The normalized spacial score (nSPS) is 22.0. The summed E-state index contributed by atoms with van der Waals surface area (Å²) < 4.78 is 5.56. The maximum Gasteiger partial charge on any atom is 0.329 e. The Morgan fingerprint density at radius 1 is 1.20 bits per heavy atom. The van der Waals surface area contributed by atoms with Gasteiger partial charge in [0.2, 0.25) is 0 Å². The van der Waals surface area contributed by atoms with Gasteiger partial charge in [0.25, 0.3) is 5.91 Å². The Balaban J connectivity index is 1.38. The molecule has 9 heteroatoms. The van der Waals surface area contributed by atoms with Crippen LogP contribution in [0.2, 0.25) is 0 Å². The quantitative estimate of drug-likeness (QED) is 0.803. The van der Waals surface area contributed by atoms with Crippen LogP contribution in [0.25, 0.3) is 0 Å². The molecule has 0 unspecified atom stereocenters. The summed E-state index contributed by atoms with van der Waals surface area (Å²) in [6.07, 6.45) is 4.53. The second kappa shape index (κ2) is 7.91. The molecule has 5 rings (SSSR count). The van der Waals surface area contributed by atoms with Crippen LogP contribution in [0.1, 0.15) is 29.8 Å². The fourth-order valence-corrected chi connectivity index (χ4v) is 4.31. The molecule has 30 heavy (non-hydrogen) atoms. The van der Waals surface area contributed by atoms with Gasteiger partial charge < -0.3 is 15.0 Å². The smallest absolute Gasteiger partial charge is 0.329 e. The molecule has 2 saturated heterocycles. The van der Waals surface area contributed by atoms with Crippen LogP contribution in [0.15, 0.2) is 36.5 Å². The van der Waals surface area contributed by atoms with Crippen molar-refractivity contribution < 1.29 is 14.3 Å². The van der Waals surface area contributed by atoms with Gasteiger partial charge in [-0.25, -0.2) is 14.8 Å². The summed E-state index contributed by atoms with van der Waals surface area (Å²) >= 11 is 0. The molecule has 0 aliphatic carbocycles. The van der Waals surface area contributed by atoms with Crippen LogP contribution in [0, 0.1) is 0 Å². The summed E-state index contributed by atoms with van der Waals surface area (Å²) in [5.74, 6) is 0.739. The zero-order valence-electron chi connectivity index (χ0n) is 16.6. The largest absolute Gasteiger partial charge is 0.376 e. The fraction of sp³-hybridized carbons (Fsp3) is 0.429. The Morgan fingerprint density at radius 3 is 2.93 bits per heavy atom. The van der Waals surface area contributed by atoms with Gasteiger partial charge in [-0.1, -0.05) is 6.07 Å². The van der Waals surface area contributed by atoms with Gasteiger partial charge in [0.05, 0.1) is 17.8 Å². The highest BCUT2D eigenvalue weighted by molar-refractivity contribution is 6.05. The molecule has 5 heterocycles. The van der Waals surface area contributed by atoms with Gasteiger partial charge >= 0.3 is 6.03 Å². The maximum absolute atomic E-state index is 13.1. The number of fused-ring (bicyclic) bond motifs is 4. The minimum Gasteiger partial charge on any atom is -0.376 e. The lowest BCUT2D eigenvalue weighted by molar-refractivity contribution is 0.0853. The Bertz CT molecular complexity index is 947. The first kappa shape index (κ1) is 18.8. The van der Waals surface area contributed by atoms with E-state index in [1.807, 2.05) is 12.1 Å².